The van der Waals surface area contributed by atoms with Gasteiger partial charge in [0, 0.05) is 11.6 Å². The number of ether oxygens (including phenoxy) is 1. The molecule has 0 aliphatic heterocycles. The minimum atomic E-state index is 0.0883. The molecule has 16 heavy (non-hydrogen) atoms. The van der Waals surface area contributed by atoms with Gasteiger partial charge in [0.25, 0.3) is 0 Å². The second-order valence-electron chi connectivity index (χ2n) is 4.07. The number of hydrogen-bond acceptors (Lipinski definition) is 2. The highest BCUT2D eigenvalue weighted by Gasteiger charge is 2.12. The van der Waals surface area contributed by atoms with Gasteiger partial charge >= 0.3 is 0 Å². The lowest BCUT2D eigenvalue weighted by atomic mass is 10.1. The molecule has 1 aromatic carbocycles. The van der Waals surface area contributed by atoms with Crippen molar-refractivity contribution in [1.82, 2.24) is 4.98 Å². The molecule has 0 aliphatic rings. The van der Waals surface area contributed by atoms with Crippen LogP contribution in [0, 0.1) is 6.92 Å². The molecule has 0 atom stereocenters. The molecule has 0 spiro atoms. The van der Waals surface area contributed by atoms with E-state index in [1.807, 2.05) is 39.0 Å². The van der Waals surface area contributed by atoms with E-state index in [0.717, 1.165) is 16.5 Å². The van der Waals surface area contributed by atoms with Crippen molar-refractivity contribution in [2.45, 2.75) is 26.9 Å². The summed E-state index contributed by atoms with van der Waals surface area (Å²) in [4.78, 5) is 4.35. The van der Waals surface area contributed by atoms with E-state index >= 15 is 0 Å². The number of fused-ring (bicyclic) bond motifs is 1. The van der Waals surface area contributed by atoms with Gasteiger partial charge in [-0.05, 0) is 38.5 Å². The zero-order chi connectivity index (χ0) is 11.7. The SMILES string of the molecule is Cc1cc(Cl)c(OC(C)C)c2ncccc12. The predicted octanol–water partition coefficient (Wildman–Crippen LogP) is 3.98. The Morgan fingerprint density at radius 1 is 1.38 bits per heavy atom. The van der Waals surface area contributed by atoms with Gasteiger partial charge in [-0.2, -0.15) is 0 Å². The Labute approximate surface area is 100 Å². The van der Waals surface area contributed by atoms with E-state index in [1.165, 1.54) is 0 Å². The fraction of sp³-hybridized carbons (Fsp3) is 0.308. The minimum Gasteiger partial charge on any atom is -0.487 e. The molecule has 3 heteroatoms. The molecule has 0 fully saturated rings. The van der Waals surface area contributed by atoms with Gasteiger partial charge in [-0.25, -0.2) is 0 Å². The third-order valence-electron chi connectivity index (χ3n) is 2.36. The number of hydrogen-bond donors (Lipinski definition) is 0. The summed E-state index contributed by atoms with van der Waals surface area (Å²) >= 11 is 6.19. The molecule has 0 saturated heterocycles. The van der Waals surface area contributed by atoms with E-state index in [9.17, 15) is 0 Å². The van der Waals surface area contributed by atoms with Crippen LogP contribution in [0.4, 0.5) is 0 Å². The Kier molecular flexibility index (Phi) is 3.01. The van der Waals surface area contributed by atoms with Gasteiger partial charge in [-0.15, -0.1) is 0 Å². The van der Waals surface area contributed by atoms with Crippen molar-refractivity contribution < 1.29 is 4.74 Å². The first-order valence-corrected chi connectivity index (χ1v) is 5.68. The number of rotatable bonds is 2. The normalized spacial score (nSPS) is 11.1. The maximum Gasteiger partial charge on any atom is 0.164 e. The molecular weight excluding hydrogens is 222 g/mol. The van der Waals surface area contributed by atoms with Crippen molar-refractivity contribution in [1.29, 1.82) is 0 Å². The zero-order valence-corrected chi connectivity index (χ0v) is 10.4. The van der Waals surface area contributed by atoms with Crippen LogP contribution in [0.2, 0.25) is 5.02 Å². The van der Waals surface area contributed by atoms with E-state index in [2.05, 4.69) is 4.98 Å². The lowest BCUT2D eigenvalue weighted by Gasteiger charge is -2.14. The van der Waals surface area contributed by atoms with Crippen molar-refractivity contribution >= 4 is 22.5 Å². The Balaban J connectivity index is 2.71. The number of nitrogens with zero attached hydrogens (tertiary/aromatic N) is 1. The summed E-state index contributed by atoms with van der Waals surface area (Å²) in [6, 6.07) is 5.87. The van der Waals surface area contributed by atoms with E-state index in [1.54, 1.807) is 6.20 Å². The summed E-state index contributed by atoms with van der Waals surface area (Å²) in [6.07, 6.45) is 1.84. The average molecular weight is 236 g/mol. The first-order valence-electron chi connectivity index (χ1n) is 5.30. The summed E-state index contributed by atoms with van der Waals surface area (Å²) in [5, 5.41) is 1.71. The van der Waals surface area contributed by atoms with Crippen LogP contribution in [-0.4, -0.2) is 11.1 Å². The molecule has 0 unspecified atom stereocenters. The van der Waals surface area contributed by atoms with Crippen LogP contribution in [0.1, 0.15) is 19.4 Å². The molecule has 0 amide bonds. The maximum absolute atomic E-state index is 6.19. The number of pyridine rings is 1. The molecular formula is C13H14ClNO. The molecule has 1 heterocycles. The summed E-state index contributed by atoms with van der Waals surface area (Å²) in [5.74, 6) is 0.679. The van der Waals surface area contributed by atoms with Crippen molar-refractivity contribution in [3.63, 3.8) is 0 Å². The summed E-state index contributed by atoms with van der Waals surface area (Å²) in [6.45, 7) is 5.98. The standard InChI is InChI=1S/C13H14ClNO/c1-8(2)16-13-11(14)7-9(3)10-5-4-6-15-12(10)13/h4-8H,1-3H3. The molecule has 0 radical (unpaired) electrons. The van der Waals surface area contributed by atoms with Crippen LogP contribution < -0.4 is 4.74 Å². The fourth-order valence-corrected chi connectivity index (χ4v) is 2.00. The third-order valence-corrected chi connectivity index (χ3v) is 2.64. The molecule has 0 aliphatic carbocycles. The largest absolute Gasteiger partial charge is 0.487 e. The van der Waals surface area contributed by atoms with Gasteiger partial charge in [-0.3, -0.25) is 4.98 Å². The predicted molar refractivity (Wildman–Crippen MR) is 67.3 cm³/mol. The lowest BCUT2D eigenvalue weighted by molar-refractivity contribution is 0.245. The number of aryl methyl sites for hydroxylation is 1. The summed E-state index contributed by atoms with van der Waals surface area (Å²) in [5.41, 5.74) is 1.95. The summed E-state index contributed by atoms with van der Waals surface area (Å²) < 4.78 is 5.72. The number of benzene rings is 1. The molecule has 84 valence electrons. The van der Waals surface area contributed by atoms with Crippen molar-refractivity contribution in [2.24, 2.45) is 0 Å². The lowest BCUT2D eigenvalue weighted by Crippen LogP contribution is -2.07. The number of halogens is 1. The highest BCUT2D eigenvalue weighted by atomic mass is 35.5. The Bertz CT molecular complexity index is 523. The first-order chi connectivity index (χ1) is 7.59. The zero-order valence-electron chi connectivity index (χ0n) is 9.62. The van der Waals surface area contributed by atoms with Crippen LogP contribution in [-0.2, 0) is 0 Å². The van der Waals surface area contributed by atoms with E-state index in [4.69, 9.17) is 16.3 Å². The molecule has 1 aromatic heterocycles. The van der Waals surface area contributed by atoms with Crippen LogP contribution >= 0.6 is 11.6 Å². The Hall–Kier alpha value is -1.28. The Morgan fingerprint density at radius 2 is 2.12 bits per heavy atom. The van der Waals surface area contributed by atoms with Crippen molar-refractivity contribution in [2.75, 3.05) is 0 Å². The van der Waals surface area contributed by atoms with Crippen molar-refractivity contribution in [3.8, 4) is 5.75 Å². The van der Waals surface area contributed by atoms with Gasteiger partial charge in [0.2, 0.25) is 0 Å². The Morgan fingerprint density at radius 3 is 2.81 bits per heavy atom. The van der Waals surface area contributed by atoms with Gasteiger partial charge in [0.05, 0.1) is 11.1 Å². The van der Waals surface area contributed by atoms with Crippen LogP contribution in [0.15, 0.2) is 24.4 Å². The van der Waals surface area contributed by atoms with Gasteiger partial charge in [0.15, 0.2) is 5.75 Å². The minimum absolute atomic E-state index is 0.0883. The quantitative estimate of drug-likeness (QED) is 0.786. The van der Waals surface area contributed by atoms with Crippen LogP contribution in [0.25, 0.3) is 10.9 Å². The third kappa shape index (κ3) is 1.98. The van der Waals surface area contributed by atoms with E-state index in [0.29, 0.717) is 10.8 Å². The average Bonchev–Trinajstić information content (AvgIpc) is 2.24. The second-order valence-corrected chi connectivity index (χ2v) is 4.48. The van der Waals surface area contributed by atoms with Crippen molar-refractivity contribution in [3.05, 3.63) is 35.0 Å². The first kappa shape index (κ1) is 11.2. The van der Waals surface area contributed by atoms with Crippen LogP contribution in [0.3, 0.4) is 0 Å². The molecule has 0 saturated carbocycles. The monoisotopic (exact) mass is 235 g/mol. The molecule has 0 N–H and O–H groups in total. The molecule has 2 rings (SSSR count). The molecule has 2 aromatic rings. The molecule has 2 nitrogen and oxygen atoms in total. The highest BCUT2D eigenvalue weighted by Crippen LogP contribution is 2.34. The highest BCUT2D eigenvalue weighted by molar-refractivity contribution is 6.33. The topological polar surface area (TPSA) is 22.1 Å². The van der Waals surface area contributed by atoms with Gasteiger partial charge in [-0.1, -0.05) is 17.7 Å². The molecule has 0 bridgehead atoms. The number of aromatic nitrogens is 1. The summed E-state index contributed by atoms with van der Waals surface area (Å²) in [7, 11) is 0. The fourth-order valence-electron chi connectivity index (χ4n) is 1.70. The van der Waals surface area contributed by atoms with E-state index < -0.39 is 0 Å². The van der Waals surface area contributed by atoms with Gasteiger partial charge < -0.3 is 4.74 Å². The maximum atomic E-state index is 6.19. The van der Waals surface area contributed by atoms with E-state index in [-0.39, 0.29) is 6.10 Å². The van der Waals surface area contributed by atoms with Gasteiger partial charge in [0.1, 0.15) is 5.52 Å². The smallest absolute Gasteiger partial charge is 0.164 e. The second kappa shape index (κ2) is 4.30. The van der Waals surface area contributed by atoms with Crippen LogP contribution in [0.5, 0.6) is 5.75 Å².